The molecule has 0 spiro atoms. The molecular weight excluding hydrogens is 298 g/mol. The minimum atomic E-state index is -0.0382. The molecule has 1 amide bonds. The van der Waals surface area contributed by atoms with E-state index in [1.807, 2.05) is 35.7 Å². The quantitative estimate of drug-likeness (QED) is 0.898. The van der Waals surface area contributed by atoms with Crippen LogP contribution < -0.4 is 5.32 Å². The number of anilines is 1. The van der Waals surface area contributed by atoms with Gasteiger partial charge in [-0.25, -0.2) is 0 Å². The molecule has 88 valence electrons. The first kappa shape index (κ1) is 12.3. The van der Waals surface area contributed by atoms with Gasteiger partial charge in [-0.1, -0.05) is 19.1 Å². The van der Waals surface area contributed by atoms with Crippen LogP contribution in [0.25, 0.3) is 0 Å². The van der Waals surface area contributed by atoms with E-state index in [1.54, 1.807) is 0 Å². The molecule has 0 saturated heterocycles. The van der Waals surface area contributed by atoms with Crippen LogP contribution >= 0.6 is 27.3 Å². The zero-order valence-corrected chi connectivity index (χ0v) is 11.8. The molecule has 1 heterocycles. The van der Waals surface area contributed by atoms with Gasteiger partial charge >= 0.3 is 0 Å². The van der Waals surface area contributed by atoms with E-state index >= 15 is 0 Å². The second kappa shape index (κ2) is 5.47. The lowest BCUT2D eigenvalue weighted by molar-refractivity contribution is 0.102. The number of benzene rings is 1. The fourth-order valence-electron chi connectivity index (χ4n) is 1.55. The van der Waals surface area contributed by atoms with Crippen molar-refractivity contribution in [1.82, 2.24) is 0 Å². The zero-order valence-electron chi connectivity index (χ0n) is 9.37. The molecule has 0 aliphatic rings. The smallest absolute Gasteiger partial charge is 0.266 e. The van der Waals surface area contributed by atoms with Crippen LogP contribution in [0.2, 0.25) is 0 Å². The van der Waals surface area contributed by atoms with Gasteiger partial charge in [-0.15, -0.1) is 11.3 Å². The van der Waals surface area contributed by atoms with E-state index in [1.165, 1.54) is 11.3 Å². The van der Waals surface area contributed by atoms with E-state index < -0.39 is 0 Å². The number of nitrogens with one attached hydrogen (secondary N) is 1. The lowest BCUT2D eigenvalue weighted by atomic mass is 10.2. The molecule has 1 aromatic heterocycles. The van der Waals surface area contributed by atoms with Gasteiger partial charge in [0, 0.05) is 4.47 Å². The van der Waals surface area contributed by atoms with E-state index in [0.717, 1.165) is 27.0 Å². The molecule has 0 bridgehead atoms. The summed E-state index contributed by atoms with van der Waals surface area (Å²) < 4.78 is 0.892. The van der Waals surface area contributed by atoms with Gasteiger partial charge in [-0.3, -0.25) is 4.79 Å². The number of carbonyl (C=O) groups is 1. The largest absolute Gasteiger partial charge is 0.320 e. The molecule has 2 rings (SSSR count). The summed E-state index contributed by atoms with van der Waals surface area (Å²) in [6.45, 7) is 2.05. The highest BCUT2D eigenvalue weighted by Gasteiger charge is 2.12. The van der Waals surface area contributed by atoms with E-state index in [9.17, 15) is 4.79 Å². The third kappa shape index (κ3) is 2.76. The number of rotatable bonds is 3. The van der Waals surface area contributed by atoms with Crippen LogP contribution in [0.15, 0.2) is 40.2 Å². The Morgan fingerprint density at radius 3 is 2.82 bits per heavy atom. The standard InChI is InChI=1S/C13H12BrNOS/c1-2-9-7-8-17-12(9)13(16)15-11-6-4-3-5-10(11)14/h3-8H,2H2,1H3,(H,15,16). The zero-order chi connectivity index (χ0) is 12.3. The number of halogens is 1. The van der Waals surface area contributed by atoms with E-state index in [2.05, 4.69) is 28.2 Å². The summed E-state index contributed by atoms with van der Waals surface area (Å²) in [5, 5.41) is 4.86. The number of amides is 1. The topological polar surface area (TPSA) is 29.1 Å². The van der Waals surface area contributed by atoms with Crippen molar-refractivity contribution in [3.8, 4) is 0 Å². The van der Waals surface area contributed by atoms with Crippen molar-refractivity contribution in [1.29, 1.82) is 0 Å². The highest BCUT2D eigenvalue weighted by Crippen LogP contribution is 2.24. The summed E-state index contributed by atoms with van der Waals surface area (Å²) in [6.07, 6.45) is 0.877. The summed E-state index contributed by atoms with van der Waals surface area (Å²) in [5.41, 5.74) is 1.90. The third-order valence-corrected chi connectivity index (χ3v) is 4.10. The Labute approximate surface area is 113 Å². The molecule has 17 heavy (non-hydrogen) atoms. The van der Waals surface area contributed by atoms with Crippen molar-refractivity contribution in [3.63, 3.8) is 0 Å². The highest BCUT2D eigenvalue weighted by molar-refractivity contribution is 9.10. The molecular formula is C13H12BrNOS. The molecule has 2 nitrogen and oxygen atoms in total. The van der Waals surface area contributed by atoms with Gasteiger partial charge < -0.3 is 5.32 Å². The summed E-state index contributed by atoms with van der Waals surface area (Å²) >= 11 is 4.89. The Bertz CT molecular complexity index is 536. The molecule has 0 aliphatic carbocycles. The molecule has 4 heteroatoms. The number of thiophene rings is 1. The average molecular weight is 310 g/mol. The van der Waals surface area contributed by atoms with Gasteiger partial charge in [0.15, 0.2) is 0 Å². The molecule has 0 saturated carbocycles. The lowest BCUT2D eigenvalue weighted by Crippen LogP contribution is -2.12. The number of hydrogen-bond acceptors (Lipinski definition) is 2. The third-order valence-electron chi connectivity index (χ3n) is 2.46. The molecule has 0 atom stereocenters. The SMILES string of the molecule is CCc1ccsc1C(=O)Nc1ccccc1Br. The van der Waals surface area contributed by atoms with E-state index in [4.69, 9.17) is 0 Å². The van der Waals surface area contributed by atoms with Crippen molar-refractivity contribution in [3.05, 3.63) is 50.6 Å². The molecule has 1 N–H and O–H groups in total. The van der Waals surface area contributed by atoms with Gasteiger partial charge in [0.1, 0.15) is 0 Å². The van der Waals surface area contributed by atoms with Crippen molar-refractivity contribution >= 4 is 38.9 Å². The average Bonchev–Trinajstić information content (AvgIpc) is 2.80. The molecule has 0 unspecified atom stereocenters. The monoisotopic (exact) mass is 309 g/mol. The van der Waals surface area contributed by atoms with E-state index in [-0.39, 0.29) is 5.91 Å². The Morgan fingerprint density at radius 1 is 1.35 bits per heavy atom. The first-order valence-electron chi connectivity index (χ1n) is 5.34. The Hall–Kier alpha value is -1.13. The van der Waals surface area contributed by atoms with Gasteiger partial charge in [0.05, 0.1) is 10.6 Å². The van der Waals surface area contributed by atoms with Crippen molar-refractivity contribution in [2.45, 2.75) is 13.3 Å². The Morgan fingerprint density at radius 2 is 2.12 bits per heavy atom. The first-order valence-corrected chi connectivity index (χ1v) is 7.02. The molecule has 0 fully saturated rings. The number of para-hydroxylation sites is 1. The fraction of sp³-hybridized carbons (Fsp3) is 0.154. The normalized spacial score (nSPS) is 10.2. The van der Waals surface area contributed by atoms with Gasteiger partial charge in [-0.2, -0.15) is 0 Å². The summed E-state index contributed by atoms with van der Waals surface area (Å²) in [6, 6.07) is 9.60. The van der Waals surface area contributed by atoms with Gasteiger partial charge in [0.2, 0.25) is 0 Å². The first-order chi connectivity index (χ1) is 8.22. The molecule has 2 aromatic rings. The predicted molar refractivity (Wildman–Crippen MR) is 75.8 cm³/mol. The fourth-order valence-corrected chi connectivity index (χ4v) is 2.83. The number of aryl methyl sites for hydroxylation is 1. The van der Waals surface area contributed by atoms with Gasteiger partial charge in [0.25, 0.3) is 5.91 Å². The molecule has 0 radical (unpaired) electrons. The highest BCUT2D eigenvalue weighted by atomic mass is 79.9. The van der Waals surface area contributed by atoms with Crippen LogP contribution in [0.3, 0.4) is 0 Å². The maximum absolute atomic E-state index is 12.1. The van der Waals surface area contributed by atoms with Crippen LogP contribution in [-0.2, 0) is 6.42 Å². The maximum Gasteiger partial charge on any atom is 0.266 e. The van der Waals surface area contributed by atoms with E-state index in [0.29, 0.717) is 0 Å². The predicted octanol–water partition coefficient (Wildman–Crippen LogP) is 4.33. The van der Waals surface area contributed by atoms with Gasteiger partial charge in [-0.05, 0) is 51.5 Å². The second-order valence-corrected chi connectivity index (χ2v) is 5.33. The van der Waals surface area contributed by atoms with Crippen LogP contribution in [0, 0.1) is 0 Å². The van der Waals surface area contributed by atoms with Crippen LogP contribution in [-0.4, -0.2) is 5.91 Å². The lowest BCUT2D eigenvalue weighted by Gasteiger charge is -2.06. The van der Waals surface area contributed by atoms with Crippen LogP contribution in [0.5, 0.6) is 0 Å². The molecule has 0 aliphatic heterocycles. The molecule has 1 aromatic carbocycles. The minimum absolute atomic E-state index is 0.0382. The van der Waals surface area contributed by atoms with Crippen LogP contribution in [0.1, 0.15) is 22.2 Å². The number of carbonyl (C=O) groups excluding carboxylic acids is 1. The maximum atomic E-state index is 12.1. The minimum Gasteiger partial charge on any atom is -0.320 e. The summed E-state index contributed by atoms with van der Waals surface area (Å²) in [4.78, 5) is 12.9. The Balaban J connectivity index is 2.20. The number of hydrogen-bond donors (Lipinski definition) is 1. The second-order valence-electron chi connectivity index (χ2n) is 3.56. The summed E-state index contributed by atoms with van der Waals surface area (Å²) in [5.74, 6) is -0.0382. The van der Waals surface area contributed by atoms with Crippen molar-refractivity contribution in [2.75, 3.05) is 5.32 Å². The van der Waals surface area contributed by atoms with Crippen LogP contribution in [0.4, 0.5) is 5.69 Å². The van der Waals surface area contributed by atoms with Crippen molar-refractivity contribution in [2.24, 2.45) is 0 Å². The Kier molecular flexibility index (Phi) is 3.97. The van der Waals surface area contributed by atoms with Crippen molar-refractivity contribution < 1.29 is 4.79 Å². The summed E-state index contributed by atoms with van der Waals surface area (Å²) in [7, 11) is 0.